The van der Waals surface area contributed by atoms with Crippen LogP contribution in [0, 0.1) is 0 Å². The molecule has 13 heteroatoms. The monoisotopic (exact) mass is 1060 g/mol. The molecule has 0 aromatic heterocycles. The summed E-state index contributed by atoms with van der Waals surface area (Å²) in [4.78, 5) is 0. The lowest BCUT2D eigenvalue weighted by molar-refractivity contribution is 0.0365. The molecule has 79 heavy (non-hydrogen) atoms. The summed E-state index contributed by atoms with van der Waals surface area (Å²) in [5.74, 6) is 6.54. The molecule has 0 aliphatic carbocycles. The molecule has 0 bridgehead atoms. The average Bonchev–Trinajstić information content (AvgIpc) is 4.42. The van der Waals surface area contributed by atoms with Crippen LogP contribution < -0.4 is 56.8 Å². The van der Waals surface area contributed by atoms with Crippen LogP contribution >= 0.6 is 0 Å². The standard InChI is InChI=1S/C66H64O13/c1-67-43-19-11-37(12-20-43)63-58(41-27-47(71-5)31-48(28-41)72-6)61-54(33-51(75-9)34-57(61)78-63)60-53-35-52(55(76-10)36-56(53)77-65(60)39-15-23-45(69-3)24-16-39)62-59(42-29-49(73-7)32-50(30-42)74-8)64(38-13-21-44(68-2)22-14-38)79-66(62)40-17-25-46(70-4)26-18-40/h11-36,58-60,62-66H,1-10H3/t58-,59+,60-,62-,63+,64-,65-,66-/m1/s1. The van der Waals surface area contributed by atoms with E-state index in [1.54, 1.807) is 71.1 Å². The van der Waals surface area contributed by atoms with Gasteiger partial charge in [-0.05, 0) is 124 Å². The summed E-state index contributed by atoms with van der Waals surface area (Å²) in [7, 11) is 16.7. The van der Waals surface area contributed by atoms with Gasteiger partial charge in [0.1, 0.15) is 81.2 Å². The quantitative estimate of drug-likeness (QED) is 0.0811. The third-order valence-electron chi connectivity index (χ3n) is 15.8. The fraction of sp³-hybridized carbons (Fsp3) is 0.273. The van der Waals surface area contributed by atoms with E-state index in [1.165, 1.54) is 0 Å². The predicted molar refractivity (Wildman–Crippen MR) is 300 cm³/mol. The molecular weight excluding hydrogens is 1000 g/mol. The van der Waals surface area contributed by atoms with Crippen molar-refractivity contribution in [2.45, 2.75) is 48.1 Å². The molecule has 8 aromatic rings. The first-order chi connectivity index (χ1) is 38.6. The van der Waals surface area contributed by atoms with Crippen LogP contribution in [0.15, 0.2) is 158 Å². The molecule has 1 fully saturated rings. The molecular formula is C66H64O13. The SMILES string of the molecule is COc1ccc([C@H]2Oc3cc(OC)c([C@@H]4[C@H](c5cc(OC)cc(OC)c5)[C@@H](c5ccc(OC)cc5)O[C@@H]4c4ccc(OC)cc4)cc3[C@@H]2c2cc(OC)cc3c2[C@@H](c2cc(OC)cc(OC)c2)[C@H](c2ccc(OC)cc2)O3)cc1. The van der Waals surface area contributed by atoms with Crippen molar-refractivity contribution in [2.75, 3.05) is 71.1 Å². The molecule has 0 unspecified atom stereocenters. The van der Waals surface area contributed by atoms with Crippen molar-refractivity contribution in [3.63, 3.8) is 0 Å². The molecule has 3 heterocycles. The van der Waals surface area contributed by atoms with E-state index in [-0.39, 0.29) is 11.8 Å². The molecule has 8 atom stereocenters. The summed E-state index contributed by atoms with van der Waals surface area (Å²) in [5.41, 5.74) is 9.46. The van der Waals surface area contributed by atoms with Crippen LogP contribution in [-0.4, -0.2) is 71.1 Å². The van der Waals surface area contributed by atoms with Crippen molar-refractivity contribution in [3.8, 4) is 69.0 Å². The van der Waals surface area contributed by atoms with Crippen LogP contribution in [0.25, 0.3) is 0 Å². The highest BCUT2D eigenvalue weighted by Gasteiger charge is 2.51. The number of rotatable bonds is 18. The molecule has 8 aromatic carbocycles. The Morgan fingerprint density at radius 1 is 0.266 bits per heavy atom. The molecule has 3 aliphatic heterocycles. The van der Waals surface area contributed by atoms with Crippen LogP contribution in [-0.2, 0) is 4.74 Å². The van der Waals surface area contributed by atoms with E-state index < -0.39 is 36.3 Å². The molecule has 0 spiro atoms. The van der Waals surface area contributed by atoms with E-state index in [0.717, 1.165) is 78.6 Å². The smallest absolute Gasteiger partial charge is 0.135 e. The normalized spacial score (nSPS) is 20.7. The van der Waals surface area contributed by atoms with Crippen LogP contribution in [0.3, 0.4) is 0 Å². The maximum atomic E-state index is 7.54. The Morgan fingerprint density at radius 2 is 0.646 bits per heavy atom. The lowest BCUT2D eigenvalue weighted by Gasteiger charge is -2.29. The minimum absolute atomic E-state index is 0.346. The number of fused-ring (bicyclic) bond motifs is 2. The van der Waals surface area contributed by atoms with E-state index in [4.69, 9.17) is 61.6 Å². The summed E-state index contributed by atoms with van der Waals surface area (Å²) in [6.45, 7) is 0. The van der Waals surface area contributed by atoms with Crippen LogP contribution in [0.2, 0.25) is 0 Å². The Kier molecular flexibility index (Phi) is 14.8. The van der Waals surface area contributed by atoms with Gasteiger partial charge in [0.05, 0.1) is 95.1 Å². The first kappa shape index (κ1) is 52.4. The molecule has 0 radical (unpaired) electrons. The fourth-order valence-corrected chi connectivity index (χ4v) is 11.9. The third kappa shape index (κ3) is 9.77. The molecule has 406 valence electrons. The molecule has 13 nitrogen and oxygen atoms in total. The number of hydrogen-bond acceptors (Lipinski definition) is 13. The topological polar surface area (TPSA) is 120 Å². The zero-order valence-corrected chi connectivity index (χ0v) is 45.9. The average molecular weight is 1070 g/mol. The zero-order valence-electron chi connectivity index (χ0n) is 45.9. The van der Waals surface area contributed by atoms with Crippen molar-refractivity contribution >= 4 is 0 Å². The van der Waals surface area contributed by atoms with E-state index in [2.05, 4.69) is 84.9 Å². The van der Waals surface area contributed by atoms with Crippen molar-refractivity contribution < 1.29 is 61.6 Å². The van der Waals surface area contributed by atoms with Gasteiger partial charge in [-0.25, -0.2) is 0 Å². The zero-order chi connectivity index (χ0) is 54.9. The summed E-state index contributed by atoms with van der Waals surface area (Å²) in [6, 6.07) is 52.8. The molecule has 1 saturated heterocycles. The Hall–Kier alpha value is -8.68. The van der Waals surface area contributed by atoms with Gasteiger partial charge in [-0.2, -0.15) is 0 Å². The minimum Gasteiger partial charge on any atom is -0.497 e. The third-order valence-corrected chi connectivity index (χ3v) is 15.8. The number of methoxy groups -OCH3 is 10. The summed E-state index contributed by atoms with van der Waals surface area (Å²) in [5, 5.41) is 0. The molecule has 0 saturated carbocycles. The van der Waals surface area contributed by atoms with Gasteiger partial charge in [0.15, 0.2) is 0 Å². The largest absolute Gasteiger partial charge is 0.497 e. The van der Waals surface area contributed by atoms with Gasteiger partial charge in [0.2, 0.25) is 0 Å². The summed E-state index contributed by atoms with van der Waals surface area (Å²) >= 11 is 0. The van der Waals surface area contributed by atoms with Gasteiger partial charge in [-0.15, -0.1) is 0 Å². The second-order valence-corrected chi connectivity index (χ2v) is 19.7. The van der Waals surface area contributed by atoms with Gasteiger partial charge in [-0.1, -0.05) is 48.5 Å². The number of ether oxygens (including phenoxy) is 13. The predicted octanol–water partition coefficient (Wildman–Crippen LogP) is 13.7. The second kappa shape index (κ2) is 22.4. The van der Waals surface area contributed by atoms with Gasteiger partial charge in [0.25, 0.3) is 0 Å². The number of benzene rings is 8. The number of hydrogen-bond donors (Lipinski definition) is 0. The maximum Gasteiger partial charge on any atom is 0.135 e. The molecule has 0 amide bonds. The Labute approximate surface area is 461 Å². The van der Waals surface area contributed by atoms with E-state index in [9.17, 15) is 0 Å². The van der Waals surface area contributed by atoms with Gasteiger partial charge in [0, 0.05) is 52.8 Å². The highest BCUT2D eigenvalue weighted by molar-refractivity contribution is 5.65. The van der Waals surface area contributed by atoms with E-state index in [1.807, 2.05) is 72.8 Å². The lowest BCUT2D eigenvalue weighted by atomic mass is 9.73. The van der Waals surface area contributed by atoms with E-state index >= 15 is 0 Å². The van der Waals surface area contributed by atoms with Crippen molar-refractivity contribution in [1.29, 1.82) is 0 Å². The van der Waals surface area contributed by atoms with Crippen molar-refractivity contribution in [1.82, 2.24) is 0 Å². The summed E-state index contributed by atoms with van der Waals surface area (Å²) < 4.78 is 81.4. The minimum atomic E-state index is -0.555. The Balaban J connectivity index is 1.18. The second-order valence-electron chi connectivity index (χ2n) is 19.7. The summed E-state index contributed by atoms with van der Waals surface area (Å²) in [6.07, 6.45) is -2.04. The highest BCUT2D eigenvalue weighted by atomic mass is 16.5. The van der Waals surface area contributed by atoms with Crippen LogP contribution in [0.5, 0.6) is 69.0 Å². The highest BCUT2D eigenvalue weighted by Crippen LogP contribution is 2.64. The van der Waals surface area contributed by atoms with Gasteiger partial charge >= 0.3 is 0 Å². The lowest BCUT2D eigenvalue weighted by Crippen LogP contribution is -2.17. The van der Waals surface area contributed by atoms with Crippen molar-refractivity contribution in [3.05, 3.63) is 213 Å². The van der Waals surface area contributed by atoms with E-state index in [0.29, 0.717) is 46.0 Å². The molecule has 3 aliphatic rings. The maximum absolute atomic E-state index is 7.54. The molecule has 0 N–H and O–H groups in total. The molecule has 11 rings (SSSR count). The first-order valence-electron chi connectivity index (χ1n) is 26.1. The van der Waals surface area contributed by atoms with Crippen molar-refractivity contribution in [2.24, 2.45) is 0 Å². The Morgan fingerprint density at radius 3 is 1.08 bits per heavy atom. The van der Waals surface area contributed by atoms with Crippen LogP contribution in [0.1, 0.15) is 104 Å². The van der Waals surface area contributed by atoms with Gasteiger partial charge < -0.3 is 61.6 Å². The fourth-order valence-electron chi connectivity index (χ4n) is 11.9. The van der Waals surface area contributed by atoms with Gasteiger partial charge in [-0.3, -0.25) is 0 Å². The van der Waals surface area contributed by atoms with Crippen LogP contribution in [0.4, 0.5) is 0 Å². The Bertz CT molecular complexity index is 3390. The first-order valence-corrected chi connectivity index (χ1v) is 26.1.